The zero-order valence-corrected chi connectivity index (χ0v) is 36.3. The summed E-state index contributed by atoms with van der Waals surface area (Å²) in [6, 6.07) is -0.0703. The van der Waals surface area contributed by atoms with Crippen LogP contribution in [0.5, 0.6) is 0 Å². The number of carboxylic acids is 1. The zero-order chi connectivity index (χ0) is 43.1. The summed E-state index contributed by atoms with van der Waals surface area (Å²) in [5, 5.41) is 19.3. The van der Waals surface area contributed by atoms with Crippen molar-refractivity contribution >= 4 is 71.4 Å². The Labute approximate surface area is 341 Å². The molecule has 2 heterocycles. The number of nitrogens with zero attached hydrogens (tertiary/aromatic N) is 2. The van der Waals surface area contributed by atoms with Crippen molar-refractivity contribution < 1.29 is 48.2 Å². The number of ether oxygens (including phenoxy) is 1. The zero-order valence-electron chi connectivity index (χ0n) is 34.7. The highest BCUT2D eigenvalue weighted by molar-refractivity contribution is 8.00. The first-order valence-electron chi connectivity index (χ1n) is 18.8. The number of thioether (sulfide) groups is 2. The second-order valence-corrected chi connectivity index (χ2v) is 15.3. The molecule has 0 spiro atoms. The normalized spacial score (nSPS) is 14.1. The lowest BCUT2D eigenvalue weighted by atomic mass is 10.1. The predicted octanol–water partition coefficient (Wildman–Crippen LogP) is 3.50. The van der Waals surface area contributed by atoms with Gasteiger partial charge in [-0.15, -0.1) is 11.8 Å². The first-order valence-corrected chi connectivity index (χ1v) is 21.7. The van der Waals surface area contributed by atoms with Gasteiger partial charge < -0.3 is 40.8 Å². The lowest BCUT2D eigenvalue weighted by molar-refractivity contribution is -0.138. The molecule has 2 unspecified atom stereocenters. The topological polar surface area (TPSA) is 221 Å². The van der Waals surface area contributed by atoms with Crippen LogP contribution >= 0.6 is 23.5 Å². The van der Waals surface area contributed by atoms with Gasteiger partial charge in [-0.25, -0.2) is 4.79 Å². The van der Waals surface area contributed by atoms with Gasteiger partial charge in [0.15, 0.2) is 0 Å². The largest absolute Gasteiger partial charge is 0.480 e. The Morgan fingerprint density at radius 3 is 2.07 bits per heavy atom. The summed E-state index contributed by atoms with van der Waals surface area (Å²) in [5.74, 6) is -2.62. The molecule has 2 aliphatic heterocycles. The van der Waals surface area contributed by atoms with Gasteiger partial charge in [0.2, 0.25) is 11.8 Å². The van der Waals surface area contributed by atoms with Crippen LogP contribution < -0.4 is 21.3 Å². The fourth-order valence-corrected chi connectivity index (χ4v) is 5.68. The number of carbonyl (C=O) groups is 8. The molecule has 6 amide bonds. The number of hydrogen-bond donors (Lipinski definition) is 5. The Morgan fingerprint density at radius 1 is 0.946 bits per heavy atom. The standard InChI is InChI=1S/C19H24N4O6.C14H28N2O4S.C3H8.C2H6S/c24-12-9-20-19(29)14-5-4-11-22(14)18(28)13-21-15(25)6-2-1-3-10-23-16(26)7-8-17(23)27;1-14(2,3)20-13(19)16-9-7-6-8-10(15-4)11(21-5)12(17)18;2*1-3-2/h5,7-8,12H,1-4,6,9-11,13H2,(H,20,29)(H,21,25);10-11,15H,6-9H2,1-5H3,(H,16,19)(H,17,18);3H2,1-2H3;1-2H3. The molecule has 56 heavy (non-hydrogen) atoms. The summed E-state index contributed by atoms with van der Waals surface area (Å²) < 4.78 is 5.13. The third-order valence-electron chi connectivity index (χ3n) is 7.33. The van der Waals surface area contributed by atoms with Gasteiger partial charge in [0.25, 0.3) is 17.7 Å². The monoisotopic (exact) mass is 830 g/mol. The van der Waals surface area contributed by atoms with E-state index in [9.17, 15) is 38.4 Å². The Hall–Kier alpha value is -3.90. The van der Waals surface area contributed by atoms with Crippen molar-refractivity contribution in [2.75, 3.05) is 58.5 Å². The van der Waals surface area contributed by atoms with E-state index >= 15 is 0 Å². The van der Waals surface area contributed by atoms with Crippen molar-refractivity contribution in [2.24, 2.45) is 0 Å². The summed E-state index contributed by atoms with van der Waals surface area (Å²) in [4.78, 5) is 94.2. The number of amides is 6. The van der Waals surface area contributed by atoms with Crippen molar-refractivity contribution in [1.29, 1.82) is 0 Å². The molecule has 0 aromatic carbocycles. The molecule has 0 fully saturated rings. The number of aldehydes is 1. The molecule has 0 aromatic rings. The number of aliphatic carboxylic acids is 1. The Bertz CT molecular complexity index is 1290. The van der Waals surface area contributed by atoms with Crippen LogP contribution in [0.2, 0.25) is 0 Å². The lowest BCUT2D eigenvalue weighted by Crippen LogP contribution is -2.42. The maximum Gasteiger partial charge on any atom is 0.407 e. The lowest BCUT2D eigenvalue weighted by Gasteiger charge is -2.22. The smallest absolute Gasteiger partial charge is 0.407 e. The predicted molar refractivity (Wildman–Crippen MR) is 222 cm³/mol. The highest BCUT2D eigenvalue weighted by Gasteiger charge is 2.27. The van der Waals surface area contributed by atoms with E-state index in [0.717, 1.165) is 24.2 Å². The van der Waals surface area contributed by atoms with Gasteiger partial charge in [-0.05, 0) is 78.7 Å². The van der Waals surface area contributed by atoms with Gasteiger partial charge in [0, 0.05) is 44.2 Å². The van der Waals surface area contributed by atoms with Crippen molar-refractivity contribution in [3.8, 4) is 0 Å². The van der Waals surface area contributed by atoms with E-state index in [1.165, 1.54) is 35.2 Å². The third kappa shape index (κ3) is 25.3. The summed E-state index contributed by atoms with van der Waals surface area (Å²) >= 11 is 3.08. The molecule has 0 radical (unpaired) electrons. The van der Waals surface area contributed by atoms with Gasteiger partial charge in [0.1, 0.15) is 22.8 Å². The first kappa shape index (κ1) is 54.2. The molecule has 0 saturated heterocycles. The molecule has 2 atom stereocenters. The van der Waals surface area contributed by atoms with E-state index in [2.05, 4.69) is 35.1 Å². The van der Waals surface area contributed by atoms with Crippen molar-refractivity contribution in [3.05, 3.63) is 23.9 Å². The molecular formula is C38H66N6O10S2. The average molecular weight is 831 g/mol. The molecule has 16 nitrogen and oxygen atoms in total. The highest BCUT2D eigenvalue weighted by Crippen LogP contribution is 2.17. The van der Waals surface area contributed by atoms with Gasteiger partial charge in [-0.2, -0.15) is 11.8 Å². The maximum absolute atomic E-state index is 12.3. The number of imide groups is 1. The summed E-state index contributed by atoms with van der Waals surface area (Å²) in [7, 11) is 1.77. The third-order valence-corrected chi connectivity index (χ3v) is 8.37. The minimum Gasteiger partial charge on any atom is -0.480 e. The first-order chi connectivity index (χ1) is 26.5. The Kier molecular flexibility index (Phi) is 31.2. The summed E-state index contributed by atoms with van der Waals surface area (Å²) in [6.07, 6.45) is 16.3. The SMILES string of the molecule is CCC.CNC(CCCCNC(=O)OC(C)(C)C)C(SC)C(=O)O.CSC.O=CCNC(=O)C1=CCCN1C(=O)CNC(=O)CCCCCN1C(=O)C=CC1=O. The van der Waals surface area contributed by atoms with Crippen LogP contribution in [0.15, 0.2) is 23.9 Å². The number of carbonyl (C=O) groups excluding carboxylic acids is 7. The fraction of sp³-hybridized carbons (Fsp3) is 0.684. The molecule has 0 aromatic heterocycles. The van der Waals surface area contributed by atoms with E-state index in [-0.39, 0.29) is 49.0 Å². The van der Waals surface area contributed by atoms with Crippen molar-refractivity contribution in [2.45, 2.75) is 109 Å². The van der Waals surface area contributed by atoms with Crippen LogP contribution in [0.1, 0.15) is 92.4 Å². The molecule has 0 saturated carbocycles. The van der Waals surface area contributed by atoms with Gasteiger partial charge in [0.05, 0.1) is 13.1 Å². The molecule has 5 N–H and O–H groups in total. The minimum atomic E-state index is -0.797. The number of nitrogens with one attached hydrogen (secondary N) is 4. The summed E-state index contributed by atoms with van der Waals surface area (Å²) in [5.41, 5.74) is -0.305. The number of hydrogen-bond acceptors (Lipinski definition) is 12. The van der Waals surface area contributed by atoms with Gasteiger partial charge in [-0.1, -0.05) is 39.2 Å². The number of alkyl carbamates (subject to hydrolysis) is 1. The van der Waals surface area contributed by atoms with E-state index in [4.69, 9.17) is 9.84 Å². The molecule has 2 aliphatic rings. The molecule has 320 valence electrons. The van der Waals surface area contributed by atoms with E-state index in [1.54, 1.807) is 31.1 Å². The van der Waals surface area contributed by atoms with Crippen LogP contribution in [0.4, 0.5) is 4.79 Å². The average Bonchev–Trinajstić information content (AvgIpc) is 3.75. The fourth-order valence-electron chi connectivity index (χ4n) is 4.88. The Balaban J connectivity index is 0. The minimum absolute atomic E-state index is 0.0703. The van der Waals surface area contributed by atoms with Crippen LogP contribution in [0.3, 0.4) is 0 Å². The number of unbranched alkanes of at least 4 members (excludes halogenated alkanes) is 3. The Morgan fingerprint density at radius 2 is 1.55 bits per heavy atom. The second-order valence-electron chi connectivity index (χ2n) is 13.5. The highest BCUT2D eigenvalue weighted by atomic mass is 32.2. The molecular weight excluding hydrogens is 765 g/mol. The van der Waals surface area contributed by atoms with Gasteiger partial charge >= 0.3 is 12.1 Å². The van der Waals surface area contributed by atoms with Crippen molar-refractivity contribution in [1.82, 2.24) is 31.1 Å². The molecule has 18 heteroatoms. The van der Waals surface area contributed by atoms with Crippen LogP contribution in [0.25, 0.3) is 0 Å². The molecule has 0 aliphatic carbocycles. The van der Waals surface area contributed by atoms with E-state index < -0.39 is 34.7 Å². The van der Waals surface area contributed by atoms with Gasteiger partial charge in [-0.3, -0.25) is 33.7 Å². The van der Waals surface area contributed by atoms with E-state index in [0.29, 0.717) is 51.6 Å². The van der Waals surface area contributed by atoms with Crippen LogP contribution in [0, 0.1) is 0 Å². The van der Waals surface area contributed by atoms with Crippen LogP contribution in [-0.2, 0) is 38.3 Å². The molecule has 2 rings (SSSR count). The second kappa shape index (κ2) is 32.2. The van der Waals surface area contributed by atoms with Crippen molar-refractivity contribution in [3.63, 3.8) is 0 Å². The molecule has 0 bridgehead atoms. The maximum atomic E-state index is 12.3. The summed E-state index contributed by atoms with van der Waals surface area (Å²) in [6.45, 7) is 10.5. The van der Waals surface area contributed by atoms with E-state index in [1.807, 2.05) is 33.3 Å². The quantitative estimate of drug-likeness (QED) is 0.0675. The number of carboxylic acid groups (broad SMARTS) is 1. The van der Waals surface area contributed by atoms with Crippen LogP contribution in [-0.4, -0.2) is 138 Å². The number of rotatable bonds is 20.